The molecule has 0 aliphatic rings. The number of aromatic nitrogens is 2. The van der Waals surface area contributed by atoms with Gasteiger partial charge in [0, 0.05) is 5.39 Å². The predicted molar refractivity (Wildman–Crippen MR) is 63.6 cm³/mol. The second-order valence-corrected chi connectivity index (χ2v) is 4.06. The summed E-state index contributed by atoms with van der Waals surface area (Å²) in [5, 5.41) is 13.3. The summed E-state index contributed by atoms with van der Waals surface area (Å²) >= 11 is 0. The minimum atomic E-state index is -4.38. The Labute approximate surface area is 111 Å². The van der Waals surface area contributed by atoms with Crippen LogP contribution >= 0.6 is 0 Å². The fourth-order valence-corrected chi connectivity index (χ4v) is 1.79. The second-order valence-electron chi connectivity index (χ2n) is 4.06. The largest absolute Gasteiger partial charge is 0.476 e. The van der Waals surface area contributed by atoms with Crippen molar-refractivity contribution in [3.05, 3.63) is 30.0 Å². The number of halogens is 3. The molecule has 0 amide bonds. The third-order valence-corrected chi connectivity index (χ3v) is 2.57. The fourth-order valence-electron chi connectivity index (χ4n) is 1.79. The Hall–Kier alpha value is -2.09. The molecule has 20 heavy (non-hydrogen) atoms. The number of benzene rings is 1. The summed E-state index contributed by atoms with van der Waals surface area (Å²) in [6.45, 7) is -1.49. The number of alkyl halides is 3. The monoisotopic (exact) mass is 288 g/mol. The molecule has 0 saturated carbocycles. The van der Waals surface area contributed by atoms with Gasteiger partial charge in [-0.15, -0.1) is 0 Å². The van der Waals surface area contributed by atoms with Gasteiger partial charge in [0.05, 0.1) is 18.7 Å². The first-order valence-electron chi connectivity index (χ1n) is 5.72. The van der Waals surface area contributed by atoms with Crippen LogP contribution in [0.15, 0.2) is 24.3 Å². The molecule has 0 bridgehead atoms. The van der Waals surface area contributed by atoms with Crippen LogP contribution in [0.5, 0.6) is 0 Å². The van der Waals surface area contributed by atoms with E-state index in [1.54, 1.807) is 24.3 Å². The standard InChI is InChI=1S/C12H11F3N2O3/c13-12(14,15)7-20-6-5-17-9-4-2-1-3-8(9)10(16-17)11(18)19/h1-4H,5-7H2,(H,18,19). The maximum atomic E-state index is 11.9. The van der Waals surface area contributed by atoms with E-state index in [9.17, 15) is 18.0 Å². The lowest BCUT2D eigenvalue weighted by Crippen LogP contribution is -2.19. The molecular weight excluding hydrogens is 277 g/mol. The molecule has 1 aromatic carbocycles. The summed E-state index contributed by atoms with van der Waals surface area (Å²) in [6, 6.07) is 6.61. The van der Waals surface area contributed by atoms with E-state index in [0.717, 1.165) is 0 Å². The highest BCUT2D eigenvalue weighted by Crippen LogP contribution is 2.18. The molecule has 0 aliphatic heterocycles. The molecule has 2 aromatic rings. The van der Waals surface area contributed by atoms with E-state index in [2.05, 4.69) is 9.84 Å². The van der Waals surface area contributed by atoms with Crippen LogP contribution < -0.4 is 0 Å². The molecule has 1 aromatic heterocycles. The van der Waals surface area contributed by atoms with Gasteiger partial charge < -0.3 is 9.84 Å². The predicted octanol–water partition coefficient (Wildman–Crippen LogP) is 2.31. The Kier molecular flexibility index (Phi) is 3.93. The van der Waals surface area contributed by atoms with Gasteiger partial charge in [-0.05, 0) is 6.07 Å². The molecule has 0 aliphatic carbocycles. The van der Waals surface area contributed by atoms with Crippen molar-refractivity contribution in [3.8, 4) is 0 Å². The zero-order chi connectivity index (χ0) is 14.8. The Balaban J connectivity index is 2.12. The van der Waals surface area contributed by atoms with Gasteiger partial charge in [-0.2, -0.15) is 18.3 Å². The zero-order valence-corrected chi connectivity index (χ0v) is 10.2. The quantitative estimate of drug-likeness (QED) is 0.857. The van der Waals surface area contributed by atoms with Crippen molar-refractivity contribution in [1.29, 1.82) is 0 Å². The molecule has 8 heteroatoms. The molecule has 0 spiro atoms. The number of aromatic carboxylic acids is 1. The van der Waals surface area contributed by atoms with Gasteiger partial charge >= 0.3 is 12.1 Å². The molecule has 5 nitrogen and oxygen atoms in total. The van der Waals surface area contributed by atoms with Crippen LogP contribution in [-0.4, -0.2) is 40.2 Å². The SMILES string of the molecule is O=C(O)c1nn(CCOCC(F)(F)F)c2ccccc12. The lowest BCUT2D eigenvalue weighted by atomic mass is 10.2. The molecule has 0 fully saturated rings. The summed E-state index contributed by atoms with van der Waals surface area (Å²) < 4.78 is 41.6. The Morgan fingerprint density at radius 3 is 2.70 bits per heavy atom. The topological polar surface area (TPSA) is 64.3 Å². The number of hydrogen-bond donors (Lipinski definition) is 1. The van der Waals surface area contributed by atoms with Crippen LogP contribution in [0.3, 0.4) is 0 Å². The van der Waals surface area contributed by atoms with E-state index in [-0.39, 0.29) is 18.8 Å². The first-order chi connectivity index (χ1) is 9.38. The van der Waals surface area contributed by atoms with Gasteiger partial charge in [0.25, 0.3) is 0 Å². The van der Waals surface area contributed by atoms with E-state index in [4.69, 9.17) is 5.11 Å². The number of carboxylic acid groups (broad SMARTS) is 1. The van der Waals surface area contributed by atoms with Gasteiger partial charge in [0.15, 0.2) is 5.69 Å². The van der Waals surface area contributed by atoms with Gasteiger partial charge in [0.1, 0.15) is 6.61 Å². The first-order valence-corrected chi connectivity index (χ1v) is 5.72. The summed E-state index contributed by atoms with van der Waals surface area (Å²) in [5.74, 6) is -1.18. The average Bonchev–Trinajstić information content (AvgIpc) is 2.73. The van der Waals surface area contributed by atoms with Crippen molar-refractivity contribution in [2.75, 3.05) is 13.2 Å². The van der Waals surface area contributed by atoms with E-state index >= 15 is 0 Å². The fraction of sp³-hybridized carbons (Fsp3) is 0.333. The number of fused-ring (bicyclic) bond motifs is 1. The van der Waals surface area contributed by atoms with Crippen molar-refractivity contribution in [2.45, 2.75) is 12.7 Å². The lowest BCUT2D eigenvalue weighted by molar-refractivity contribution is -0.174. The molecule has 1 N–H and O–H groups in total. The van der Waals surface area contributed by atoms with Crippen molar-refractivity contribution in [2.24, 2.45) is 0 Å². The number of carboxylic acids is 1. The van der Waals surface area contributed by atoms with E-state index in [1.807, 2.05) is 0 Å². The average molecular weight is 288 g/mol. The maximum absolute atomic E-state index is 11.9. The van der Waals surface area contributed by atoms with Gasteiger partial charge in [-0.1, -0.05) is 18.2 Å². The van der Waals surface area contributed by atoms with Crippen LogP contribution in [0.4, 0.5) is 13.2 Å². The third kappa shape index (κ3) is 3.27. The third-order valence-electron chi connectivity index (χ3n) is 2.57. The number of hydrogen-bond acceptors (Lipinski definition) is 3. The van der Waals surface area contributed by atoms with Gasteiger partial charge in [0.2, 0.25) is 0 Å². The van der Waals surface area contributed by atoms with Crippen LogP contribution in [-0.2, 0) is 11.3 Å². The van der Waals surface area contributed by atoms with Crippen LogP contribution in [0.1, 0.15) is 10.5 Å². The van der Waals surface area contributed by atoms with E-state index in [1.165, 1.54) is 4.68 Å². The molecule has 108 valence electrons. The Morgan fingerprint density at radius 1 is 1.35 bits per heavy atom. The minimum absolute atomic E-state index is 0.0455. The summed E-state index contributed by atoms with van der Waals surface area (Å²) in [7, 11) is 0. The van der Waals surface area contributed by atoms with Gasteiger partial charge in [-0.25, -0.2) is 4.79 Å². The Morgan fingerprint density at radius 2 is 2.05 bits per heavy atom. The van der Waals surface area contributed by atoms with Crippen molar-refractivity contribution in [1.82, 2.24) is 9.78 Å². The highest BCUT2D eigenvalue weighted by molar-refractivity contribution is 6.01. The second kappa shape index (κ2) is 5.49. The number of carbonyl (C=O) groups is 1. The molecule has 2 rings (SSSR count). The smallest absolute Gasteiger partial charge is 0.411 e. The van der Waals surface area contributed by atoms with Crippen molar-refractivity contribution < 1.29 is 27.8 Å². The zero-order valence-electron chi connectivity index (χ0n) is 10.2. The maximum Gasteiger partial charge on any atom is 0.411 e. The van der Waals surface area contributed by atoms with Crippen molar-refractivity contribution in [3.63, 3.8) is 0 Å². The normalized spacial score (nSPS) is 11.9. The van der Waals surface area contributed by atoms with E-state index < -0.39 is 18.8 Å². The van der Waals surface area contributed by atoms with Gasteiger partial charge in [-0.3, -0.25) is 4.68 Å². The number of nitrogens with zero attached hydrogens (tertiary/aromatic N) is 2. The molecule has 0 saturated heterocycles. The summed E-state index contributed by atoms with van der Waals surface area (Å²) in [6.07, 6.45) is -4.38. The van der Waals surface area contributed by atoms with Crippen molar-refractivity contribution >= 4 is 16.9 Å². The molecule has 0 radical (unpaired) electrons. The lowest BCUT2D eigenvalue weighted by Gasteiger charge is -2.08. The molecule has 0 atom stereocenters. The van der Waals surface area contributed by atoms with Crippen LogP contribution in [0, 0.1) is 0 Å². The number of para-hydroxylation sites is 1. The highest BCUT2D eigenvalue weighted by atomic mass is 19.4. The summed E-state index contributed by atoms with van der Waals surface area (Å²) in [4.78, 5) is 11.0. The summed E-state index contributed by atoms with van der Waals surface area (Å²) in [5.41, 5.74) is 0.414. The van der Waals surface area contributed by atoms with Crippen LogP contribution in [0.2, 0.25) is 0 Å². The number of rotatable bonds is 5. The minimum Gasteiger partial charge on any atom is -0.476 e. The molecule has 1 heterocycles. The molecular formula is C12H11F3N2O3. The van der Waals surface area contributed by atoms with Crippen LogP contribution in [0.25, 0.3) is 10.9 Å². The highest BCUT2D eigenvalue weighted by Gasteiger charge is 2.27. The van der Waals surface area contributed by atoms with E-state index in [0.29, 0.717) is 10.9 Å². The first kappa shape index (κ1) is 14.3. The molecule has 0 unspecified atom stereocenters. The Bertz CT molecular complexity index is 622. The number of ether oxygens (including phenoxy) is 1.